The largest absolute Gasteiger partial charge is 0.416 e. The summed E-state index contributed by atoms with van der Waals surface area (Å²) in [4.78, 5) is 5.91. The number of nitrogens with zero attached hydrogens (tertiary/aromatic N) is 2. The Labute approximate surface area is 120 Å². The quantitative estimate of drug-likeness (QED) is 0.821. The molecule has 1 aromatic carbocycles. The zero-order valence-corrected chi connectivity index (χ0v) is 11.2. The van der Waals surface area contributed by atoms with Gasteiger partial charge < -0.3 is 10.6 Å². The van der Waals surface area contributed by atoms with Gasteiger partial charge in [-0.25, -0.2) is 4.98 Å². The van der Waals surface area contributed by atoms with Crippen LogP contribution in [0.4, 0.5) is 24.7 Å². The van der Waals surface area contributed by atoms with Crippen LogP contribution in [0.2, 0.25) is 0 Å². The first-order valence-corrected chi connectivity index (χ1v) is 6.59. The van der Waals surface area contributed by atoms with Crippen molar-refractivity contribution in [3.8, 4) is 0 Å². The molecule has 1 aliphatic rings. The van der Waals surface area contributed by atoms with E-state index in [1.165, 1.54) is 6.20 Å². The maximum atomic E-state index is 12.8. The van der Waals surface area contributed by atoms with E-state index in [0.717, 1.165) is 28.9 Å². The van der Waals surface area contributed by atoms with Crippen LogP contribution < -0.4 is 10.6 Å². The third-order valence-corrected chi connectivity index (χ3v) is 3.70. The van der Waals surface area contributed by atoms with Gasteiger partial charge in [0.1, 0.15) is 5.82 Å². The van der Waals surface area contributed by atoms with Crippen LogP contribution in [-0.2, 0) is 19.1 Å². The Hall–Kier alpha value is -2.24. The van der Waals surface area contributed by atoms with E-state index >= 15 is 0 Å². The van der Waals surface area contributed by atoms with E-state index in [4.69, 9.17) is 5.73 Å². The average Bonchev–Trinajstić information content (AvgIpc) is 2.46. The lowest BCUT2D eigenvalue weighted by Gasteiger charge is -2.30. The fourth-order valence-corrected chi connectivity index (χ4v) is 2.60. The van der Waals surface area contributed by atoms with Crippen molar-refractivity contribution in [1.82, 2.24) is 4.98 Å². The molecule has 0 bridgehead atoms. The molecule has 0 saturated heterocycles. The number of aromatic nitrogens is 1. The van der Waals surface area contributed by atoms with Gasteiger partial charge in [-0.05, 0) is 35.7 Å². The van der Waals surface area contributed by atoms with Crippen molar-refractivity contribution < 1.29 is 13.2 Å². The van der Waals surface area contributed by atoms with Gasteiger partial charge in [0.15, 0.2) is 0 Å². The molecule has 2 heterocycles. The number of pyridine rings is 1. The highest BCUT2D eigenvalue weighted by Gasteiger charge is 2.31. The lowest BCUT2D eigenvalue weighted by molar-refractivity contribution is -0.137. The molecule has 6 heteroatoms. The molecule has 0 fully saturated rings. The summed E-state index contributed by atoms with van der Waals surface area (Å²) < 4.78 is 38.3. The Morgan fingerprint density at radius 1 is 1.19 bits per heavy atom. The Morgan fingerprint density at radius 3 is 2.76 bits per heavy atom. The van der Waals surface area contributed by atoms with E-state index in [1.807, 2.05) is 23.1 Å². The zero-order valence-electron chi connectivity index (χ0n) is 11.2. The molecule has 0 radical (unpaired) electrons. The second kappa shape index (κ2) is 4.95. The van der Waals surface area contributed by atoms with E-state index in [2.05, 4.69) is 4.98 Å². The topological polar surface area (TPSA) is 42.1 Å². The molecular weight excluding hydrogens is 279 g/mol. The van der Waals surface area contributed by atoms with Crippen molar-refractivity contribution >= 4 is 11.5 Å². The van der Waals surface area contributed by atoms with Crippen LogP contribution in [0.15, 0.2) is 36.5 Å². The number of nitrogen functional groups attached to an aromatic ring is 1. The Morgan fingerprint density at radius 2 is 2.00 bits per heavy atom. The van der Waals surface area contributed by atoms with Crippen molar-refractivity contribution in [2.45, 2.75) is 19.1 Å². The van der Waals surface area contributed by atoms with E-state index in [0.29, 0.717) is 25.3 Å². The fraction of sp³-hybridized carbons (Fsp3) is 0.267. The van der Waals surface area contributed by atoms with Gasteiger partial charge in [-0.2, -0.15) is 13.2 Å². The van der Waals surface area contributed by atoms with Gasteiger partial charge in [-0.3, -0.25) is 0 Å². The molecule has 0 saturated carbocycles. The lowest BCUT2D eigenvalue weighted by Crippen LogP contribution is -2.31. The predicted octanol–water partition coefficient (Wildman–Crippen LogP) is 3.25. The minimum Gasteiger partial charge on any atom is -0.398 e. The third-order valence-electron chi connectivity index (χ3n) is 3.70. The minimum atomic E-state index is -4.35. The van der Waals surface area contributed by atoms with Crippen LogP contribution in [-0.4, -0.2) is 11.5 Å². The third kappa shape index (κ3) is 2.66. The van der Waals surface area contributed by atoms with Gasteiger partial charge in [0.05, 0.1) is 5.56 Å². The van der Waals surface area contributed by atoms with Crippen LogP contribution in [0.1, 0.15) is 16.7 Å². The van der Waals surface area contributed by atoms with Crippen LogP contribution in [0.3, 0.4) is 0 Å². The van der Waals surface area contributed by atoms with Gasteiger partial charge >= 0.3 is 6.18 Å². The van der Waals surface area contributed by atoms with Gasteiger partial charge in [0, 0.05) is 25.0 Å². The Bertz CT molecular complexity index is 667. The summed E-state index contributed by atoms with van der Waals surface area (Å²) in [5.41, 5.74) is 8.11. The first-order valence-electron chi connectivity index (χ1n) is 6.59. The van der Waals surface area contributed by atoms with E-state index in [-0.39, 0.29) is 0 Å². The van der Waals surface area contributed by atoms with Gasteiger partial charge in [-0.1, -0.05) is 12.1 Å². The number of anilines is 2. The average molecular weight is 293 g/mol. The molecule has 3 rings (SSSR count). The van der Waals surface area contributed by atoms with Crippen molar-refractivity contribution in [1.29, 1.82) is 0 Å². The zero-order chi connectivity index (χ0) is 15.0. The summed E-state index contributed by atoms with van der Waals surface area (Å²) >= 11 is 0. The molecule has 3 nitrogen and oxygen atoms in total. The first kappa shape index (κ1) is 13.7. The normalized spacial score (nSPS) is 14.9. The molecule has 110 valence electrons. The minimum absolute atomic E-state index is 0.345. The highest BCUT2D eigenvalue weighted by atomic mass is 19.4. The predicted molar refractivity (Wildman–Crippen MR) is 74.8 cm³/mol. The second-order valence-corrected chi connectivity index (χ2v) is 5.06. The van der Waals surface area contributed by atoms with Crippen LogP contribution in [0.25, 0.3) is 0 Å². The SMILES string of the molecule is Nc1cccc2c1CCN(c1cc(C(F)(F)F)ccn1)C2. The molecule has 2 N–H and O–H groups in total. The fourth-order valence-electron chi connectivity index (χ4n) is 2.60. The summed E-state index contributed by atoms with van der Waals surface area (Å²) in [5.74, 6) is 0.345. The van der Waals surface area contributed by atoms with Gasteiger partial charge in [0.2, 0.25) is 0 Å². The summed E-state index contributed by atoms with van der Waals surface area (Å²) in [5, 5.41) is 0. The first-order chi connectivity index (χ1) is 9.95. The molecular formula is C15H14F3N3. The number of nitrogens with two attached hydrogens (primary N) is 1. The summed E-state index contributed by atoms with van der Waals surface area (Å²) in [6, 6.07) is 7.73. The molecule has 2 aromatic rings. The molecule has 21 heavy (non-hydrogen) atoms. The van der Waals surface area contributed by atoms with Gasteiger partial charge in [0.25, 0.3) is 0 Å². The van der Waals surface area contributed by atoms with E-state index in [9.17, 15) is 13.2 Å². The summed E-state index contributed by atoms with van der Waals surface area (Å²) in [7, 11) is 0. The monoisotopic (exact) mass is 293 g/mol. The highest BCUT2D eigenvalue weighted by Crippen LogP contribution is 2.32. The summed E-state index contributed by atoms with van der Waals surface area (Å²) in [6.45, 7) is 1.13. The van der Waals surface area contributed by atoms with Crippen molar-refractivity contribution in [3.05, 3.63) is 53.2 Å². The van der Waals surface area contributed by atoms with Crippen molar-refractivity contribution in [2.75, 3.05) is 17.2 Å². The number of fused-ring (bicyclic) bond motifs is 1. The number of alkyl halides is 3. The van der Waals surface area contributed by atoms with Crippen molar-refractivity contribution in [2.24, 2.45) is 0 Å². The standard InChI is InChI=1S/C15H14F3N3/c16-15(17,18)11-4-6-20-14(8-11)21-7-5-12-10(9-21)2-1-3-13(12)19/h1-4,6,8H,5,7,9,19H2. The molecule has 0 spiro atoms. The van der Waals surface area contributed by atoms with E-state index in [1.54, 1.807) is 0 Å². The Balaban J connectivity index is 1.90. The number of hydrogen-bond donors (Lipinski definition) is 1. The number of halogens is 3. The van der Waals surface area contributed by atoms with Gasteiger partial charge in [-0.15, -0.1) is 0 Å². The highest BCUT2D eigenvalue weighted by molar-refractivity contribution is 5.55. The number of hydrogen-bond acceptors (Lipinski definition) is 3. The number of benzene rings is 1. The summed E-state index contributed by atoms with van der Waals surface area (Å²) in [6.07, 6.45) is -2.44. The number of rotatable bonds is 1. The second-order valence-electron chi connectivity index (χ2n) is 5.06. The van der Waals surface area contributed by atoms with Crippen LogP contribution >= 0.6 is 0 Å². The molecule has 1 aliphatic heterocycles. The van der Waals surface area contributed by atoms with E-state index < -0.39 is 11.7 Å². The maximum Gasteiger partial charge on any atom is 0.416 e. The smallest absolute Gasteiger partial charge is 0.398 e. The molecule has 0 unspecified atom stereocenters. The molecule has 1 aromatic heterocycles. The maximum absolute atomic E-state index is 12.8. The Kier molecular flexibility index (Phi) is 3.23. The lowest BCUT2D eigenvalue weighted by atomic mass is 9.98. The van der Waals surface area contributed by atoms with Crippen LogP contribution in [0, 0.1) is 0 Å². The molecule has 0 aliphatic carbocycles. The molecule has 0 amide bonds. The molecule has 0 atom stereocenters. The van der Waals surface area contributed by atoms with Crippen LogP contribution in [0.5, 0.6) is 0 Å². The van der Waals surface area contributed by atoms with Crippen molar-refractivity contribution in [3.63, 3.8) is 0 Å².